The van der Waals surface area contributed by atoms with Crippen molar-refractivity contribution in [2.24, 2.45) is 11.8 Å². The molecular formula is C27H23F3N6O. The number of aromatic amines is 1. The molecule has 1 aliphatic carbocycles. The molecule has 7 nitrogen and oxygen atoms in total. The van der Waals surface area contributed by atoms with Crippen LogP contribution in [0.15, 0.2) is 61.1 Å². The lowest BCUT2D eigenvalue weighted by Gasteiger charge is -2.42. The number of alkyl halides is 2. The van der Waals surface area contributed by atoms with Crippen molar-refractivity contribution in [2.75, 3.05) is 5.32 Å². The van der Waals surface area contributed by atoms with E-state index in [9.17, 15) is 18.0 Å². The van der Waals surface area contributed by atoms with E-state index in [4.69, 9.17) is 0 Å². The lowest BCUT2D eigenvalue weighted by Crippen LogP contribution is -2.52. The van der Waals surface area contributed by atoms with Crippen LogP contribution in [0.3, 0.4) is 0 Å². The molecule has 2 aromatic heterocycles. The summed E-state index contributed by atoms with van der Waals surface area (Å²) in [5.41, 5.74) is 5.11. The molecule has 6 rings (SSSR count). The van der Waals surface area contributed by atoms with Crippen molar-refractivity contribution in [2.45, 2.75) is 32.4 Å². The van der Waals surface area contributed by atoms with Gasteiger partial charge in [0.25, 0.3) is 5.92 Å². The topological polar surface area (TPSA) is 86.8 Å². The van der Waals surface area contributed by atoms with Gasteiger partial charge in [-0.1, -0.05) is 31.2 Å². The number of carbonyl (C=O) groups excluding carboxylic acids is 1. The lowest BCUT2D eigenvalue weighted by atomic mass is 9.70. The second kappa shape index (κ2) is 8.72. The fourth-order valence-corrected chi connectivity index (χ4v) is 4.90. The van der Waals surface area contributed by atoms with Gasteiger partial charge in [-0.25, -0.2) is 23.1 Å². The normalized spacial score (nSPS) is 19.8. The Kier molecular flexibility index (Phi) is 5.47. The van der Waals surface area contributed by atoms with Crippen molar-refractivity contribution < 1.29 is 18.0 Å². The molecule has 10 heteroatoms. The maximum absolute atomic E-state index is 14.5. The first kappa shape index (κ1) is 23.2. The highest BCUT2D eigenvalue weighted by Crippen LogP contribution is 2.49. The Morgan fingerprint density at radius 2 is 1.81 bits per heavy atom. The van der Waals surface area contributed by atoms with Crippen LogP contribution in [-0.2, 0) is 17.9 Å². The number of rotatable bonds is 5. The molecular weight excluding hydrogens is 481 g/mol. The standard InChI is InChI=1S/C27H23F3N6O/c1-15-22(9-27(15,29)30)26(37)36-13-18-3-2-17(8-19(18)14-36)24-31-12-23(28)25(35-24)34-21-6-4-16(5-7-21)20-10-32-33-11-20/h2-8,10-12,15,22H,9,13-14H2,1H3,(H,32,33)(H,31,34,35). The zero-order valence-electron chi connectivity index (χ0n) is 19.9. The number of nitrogens with one attached hydrogen (secondary N) is 2. The molecule has 3 heterocycles. The number of anilines is 2. The van der Waals surface area contributed by atoms with Gasteiger partial charge in [0.15, 0.2) is 17.5 Å². The number of halogens is 3. The summed E-state index contributed by atoms with van der Waals surface area (Å²) in [5, 5.41) is 9.71. The molecule has 37 heavy (non-hydrogen) atoms. The van der Waals surface area contributed by atoms with Gasteiger partial charge in [0.05, 0.1) is 18.3 Å². The monoisotopic (exact) mass is 504 g/mol. The SMILES string of the molecule is CC1C(C(=O)N2Cc3ccc(-c4ncc(F)c(Nc5ccc(-c6cn[nH]c6)cc5)n4)cc3C2)CC1(F)F. The van der Waals surface area contributed by atoms with Crippen LogP contribution in [0.1, 0.15) is 24.5 Å². The summed E-state index contributed by atoms with van der Waals surface area (Å²) < 4.78 is 41.7. The second-order valence-corrected chi connectivity index (χ2v) is 9.62. The molecule has 4 aromatic rings. The van der Waals surface area contributed by atoms with Crippen molar-refractivity contribution in [3.05, 3.63) is 78.0 Å². The number of aromatic nitrogens is 4. The largest absolute Gasteiger partial charge is 0.338 e. The van der Waals surface area contributed by atoms with E-state index in [2.05, 4.69) is 25.5 Å². The van der Waals surface area contributed by atoms with Crippen molar-refractivity contribution in [3.8, 4) is 22.5 Å². The van der Waals surface area contributed by atoms with Crippen LogP contribution in [0.2, 0.25) is 0 Å². The first-order valence-corrected chi connectivity index (χ1v) is 12.0. The van der Waals surface area contributed by atoms with E-state index in [1.54, 1.807) is 17.3 Å². The summed E-state index contributed by atoms with van der Waals surface area (Å²) in [6, 6.07) is 13.0. The summed E-state index contributed by atoms with van der Waals surface area (Å²) in [6.07, 6.45) is 4.23. The van der Waals surface area contributed by atoms with E-state index in [0.717, 1.165) is 28.5 Å². The minimum Gasteiger partial charge on any atom is -0.338 e. The predicted octanol–water partition coefficient (Wildman–Crippen LogP) is 5.55. The Morgan fingerprint density at radius 1 is 1.05 bits per heavy atom. The van der Waals surface area contributed by atoms with Gasteiger partial charge in [0.1, 0.15) is 0 Å². The lowest BCUT2D eigenvalue weighted by molar-refractivity contribution is -0.185. The molecule has 188 valence electrons. The minimum absolute atomic E-state index is 0.0401. The van der Waals surface area contributed by atoms with Crippen molar-refractivity contribution >= 4 is 17.4 Å². The maximum atomic E-state index is 14.5. The third kappa shape index (κ3) is 4.22. The van der Waals surface area contributed by atoms with Crippen molar-refractivity contribution in [1.29, 1.82) is 0 Å². The Hall–Kier alpha value is -4.21. The van der Waals surface area contributed by atoms with Crippen LogP contribution in [0.4, 0.5) is 24.7 Å². The summed E-state index contributed by atoms with van der Waals surface area (Å²) >= 11 is 0. The summed E-state index contributed by atoms with van der Waals surface area (Å²) in [5.74, 6) is -4.82. The van der Waals surface area contributed by atoms with Crippen molar-refractivity contribution in [3.63, 3.8) is 0 Å². The van der Waals surface area contributed by atoms with Crippen LogP contribution >= 0.6 is 0 Å². The molecule has 1 saturated carbocycles. The minimum atomic E-state index is -2.77. The van der Waals surface area contributed by atoms with E-state index in [1.807, 2.05) is 42.5 Å². The van der Waals surface area contributed by atoms with Gasteiger partial charge in [-0.2, -0.15) is 5.10 Å². The summed E-state index contributed by atoms with van der Waals surface area (Å²) in [6.45, 7) is 2.15. The number of hydrogen-bond acceptors (Lipinski definition) is 5. The van der Waals surface area contributed by atoms with Crippen LogP contribution in [0.5, 0.6) is 0 Å². The van der Waals surface area contributed by atoms with E-state index < -0.39 is 30.0 Å². The molecule has 0 bridgehead atoms. The number of hydrogen-bond donors (Lipinski definition) is 2. The van der Waals surface area contributed by atoms with Crippen molar-refractivity contribution in [1.82, 2.24) is 25.1 Å². The molecule has 2 aromatic carbocycles. The Morgan fingerprint density at radius 3 is 2.51 bits per heavy atom. The molecule has 0 saturated heterocycles. The predicted molar refractivity (Wildman–Crippen MR) is 131 cm³/mol. The Bertz CT molecular complexity index is 1470. The van der Waals surface area contributed by atoms with E-state index >= 15 is 0 Å². The van der Waals surface area contributed by atoms with Crippen LogP contribution in [0, 0.1) is 17.7 Å². The Labute approximate surface area is 210 Å². The Balaban J connectivity index is 1.18. The first-order chi connectivity index (χ1) is 17.8. The zero-order chi connectivity index (χ0) is 25.7. The number of nitrogens with zero attached hydrogens (tertiary/aromatic N) is 4. The maximum Gasteiger partial charge on any atom is 0.252 e. The van der Waals surface area contributed by atoms with Crippen LogP contribution < -0.4 is 5.32 Å². The fourth-order valence-electron chi connectivity index (χ4n) is 4.90. The average molecular weight is 505 g/mol. The number of fused-ring (bicyclic) bond motifs is 1. The summed E-state index contributed by atoms with van der Waals surface area (Å²) in [7, 11) is 0. The highest BCUT2D eigenvalue weighted by atomic mass is 19.3. The fraction of sp³-hybridized carbons (Fsp3) is 0.259. The molecule has 2 aliphatic rings. The quantitative estimate of drug-likeness (QED) is 0.372. The average Bonchev–Trinajstić information content (AvgIpc) is 3.58. The molecule has 0 spiro atoms. The molecule has 2 unspecified atom stereocenters. The molecule has 2 atom stereocenters. The van der Waals surface area contributed by atoms with Gasteiger partial charge in [-0.15, -0.1) is 0 Å². The van der Waals surface area contributed by atoms with Crippen LogP contribution in [0.25, 0.3) is 22.5 Å². The highest BCUT2D eigenvalue weighted by molar-refractivity contribution is 5.81. The van der Waals surface area contributed by atoms with E-state index in [-0.39, 0.29) is 11.7 Å². The molecule has 0 radical (unpaired) electrons. The smallest absolute Gasteiger partial charge is 0.252 e. The molecule has 2 N–H and O–H groups in total. The van der Waals surface area contributed by atoms with Crippen LogP contribution in [-0.4, -0.2) is 36.9 Å². The first-order valence-electron chi connectivity index (χ1n) is 12.0. The number of amides is 1. The number of carbonyl (C=O) groups is 1. The number of benzene rings is 2. The summed E-state index contributed by atoms with van der Waals surface area (Å²) in [4.78, 5) is 23.0. The molecule has 1 fully saturated rings. The molecule has 1 amide bonds. The van der Waals surface area contributed by atoms with Gasteiger partial charge in [0, 0.05) is 48.4 Å². The van der Waals surface area contributed by atoms with Gasteiger partial charge in [0.2, 0.25) is 5.91 Å². The van der Waals surface area contributed by atoms with E-state index in [1.165, 1.54) is 6.92 Å². The van der Waals surface area contributed by atoms with Gasteiger partial charge in [-0.05, 0) is 34.9 Å². The van der Waals surface area contributed by atoms with E-state index in [0.29, 0.717) is 30.2 Å². The number of H-pyrrole nitrogens is 1. The van der Waals surface area contributed by atoms with Gasteiger partial charge >= 0.3 is 0 Å². The highest BCUT2D eigenvalue weighted by Gasteiger charge is 2.57. The van der Waals surface area contributed by atoms with Gasteiger partial charge < -0.3 is 10.2 Å². The van der Waals surface area contributed by atoms with Gasteiger partial charge in [-0.3, -0.25) is 9.89 Å². The molecule has 1 aliphatic heterocycles. The second-order valence-electron chi connectivity index (χ2n) is 9.62. The third-order valence-electron chi connectivity index (χ3n) is 7.30. The third-order valence-corrected chi connectivity index (χ3v) is 7.30. The zero-order valence-corrected chi connectivity index (χ0v) is 19.9.